The minimum Gasteiger partial charge on any atom is -0.491 e. The zero-order valence-corrected chi connectivity index (χ0v) is 24.4. The molecule has 0 aliphatic carbocycles. The van der Waals surface area contributed by atoms with Gasteiger partial charge in [0.2, 0.25) is 0 Å². The normalized spacial score (nSPS) is 20.5. The summed E-state index contributed by atoms with van der Waals surface area (Å²) >= 11 is 1.32. The standard InChI is InChI=1S/C30H34N6O4S/c1-19-14-36(15-21-12-31-18-32-13-21)20(2)17-40-25-10-9-22(11-23(25)30(38)35(3)16-26(19)39-4)33-28(37)29-34-24-7-5-6-8-27(24)41-29/h5-13,18-20,26H,14-17H2,1-4H3,(H,33,37)/t19-,20+,26+/m1/s1. The Balaban J connectivity index is 1.41. The third-order valence-electron chi connectivity index (χ3n) is 7.32. The quantitative estimate of drug-likeness (QED) is 0.375. The number of carbonyl (C=O) groups excluding carboxylic acids is 2. The molecule has 1 aliphatic rings. The molecule has 0 bridgehead atoms. The Morgan fingerprint density at radius 1 is 1.15 bits per heavy atom. The molecule has 2 aromatic carbocycles. The van der Waals surface area contributed by atoms with E-state index in [4.69, 9.17) is 9.47 Å². The molecule has 2 amide bonds. The maximum absolute atomic E-state index is 13.7. The van der Waals surface area contributed by atoms with Crippen LogP contribution in [0.4, 0.5) is 5.69 Å². The molecule has 0 fully saturated rings. The molecule has 0 radical (unpaired) electrons. The van der Waals surface area contributed by atoms with Crippen LogP contribution in [0.1, 0.15) is 39.6 Å². The van der Waals surface area contributed by atoms with Crippen molar-refractivity contribution in [2.75, 3.05) is 39.2 Å². The first-order valence-electron chi connectivity index (χ1n) is 13.5. The van der Waals surface area contributed by atoms with E-state index in [0.29, 0.717) is 41.7 Å². The minimum absolute atomic E-state index is 0.0219. The first-order chi connectivity index (χ1) is 19.8. The van der Waals surface area contributed by atoms with Crippen LogP contribution in [-0.4, -0.2) is 82.6 Å². The van der Waals surface area contributed by atoms with Crippen LogP contribution in [0.5, 0.6) is 5.75 Å². The van der Waals surface area contributed by atoms with Gasteiger partial charge in [0.1, 0.15) is 18.7 Å². The molecule has 41 heavy (non-hydrogen) atoms. The van der Waals surface area contributed by atoms with Gasteiger partial charge in [-0.1, -0.05) is 19.1 Å². The number of carbonyl (C=O) groups is 2. The molecule has 0 saturated carbocycles. The number of rotatable bonds is 5. The van der Waals surface area contributed by atoms with Crippen molar-refractivity contribution in [3.8, 4) is 5.75 Å². The Hall–Kier alpha value is -3.93. The summed E-state index contributed by atoms with van der Waals surface area (Å²) in [5, 5.41) is 3.25. The third-order valence-corrected chi connectivity index (χ3v) is 8.35. The molecule has 5 rings (SSSR count). The molecule has 0 saturated heterocycles. The van der Waals surface area contributed by atoms with Gasteiger partial charge >= 0.3 is 0 Å². The number of para-hydroxylation sites is 1. The van der Waals surface area contributed by atoms with Crippen molar-refractivity contribution in [3.63, 3.8) is 0 Å². The van der Waals surface area contributed by atoms with Crippen LogP contribution < -0.4 is 10.1 Å². The number of methoxy groups -OCH3 is 1. The van der Waals surface area contributed by atoms with E-state index in [1.165, 1.54) is 17.7 Å². The third kappa shape index (κ3) is 6.70. The topological polar surface area (TPSA) is 110 Å². The molecule has 4 aromatic rings. The number of ether oxygens (including phenoxy) is 2. The number of hydrogen-bond acceptors (Lipinski definition) is 9. The molecule has 214 valence electrons. The largest absolute Gasteiger partial charge is 0.491 e. The van der Waals surface area contributed by atoms with Gasteiger partial charge in [0.25, 0.3) is 11.8 Å². The molecule has 3 heterocycles. The average Bonchev–Trinajstić information content (AvgIpc) is 3.43. The lowest BCUT2D eigenvalue weighted by atomic mass is 10.0. The van der Waals surface area contributed by atoms with Crippen molar-refractivity contribution in [2.24, 2.45) is 5.92 Å². The Bertz CT molecular complexity index is 1480. The van der Waals surface area contributed by atoms with Crippen molar-refractivity contribution in [2.45, 2.75) is 32.5 Å². The number of hydrogen-bond donors (Lipinski definition) is 1. The van der Waals surface area contributed by atoms with Gasteiger partial charge in [-0.15, -0.1) is 11.3 Å². The monoisotopic (exact) mass is 574 g/mol. The lowest BCUT2D eigenvalue weighted by Crippen LogP contribution is -2.46. The van der Waals surface area contributed by atoms with Crippen molar-refractivity contribution < 1.29 is 19.1 Å². The van der Waals surface area contributed by atoms with Crippen LogP contribution >= 0.6 is 11.3 Å². The maximum atomic E-state index is 13.7. The van der Waals surface area contributed by atoms with Crippen LogP contribution in [0, 0.1) is 5.92 Å². The lowest BCUT2D eigenvalue weighted by Gasteiger charge is -2.36. The fraction of sp³-hybridized carbons (Fsp3) is 0.367. The zero-order valence-electron chi connectivity index (χ0n) is 23.6. The van der Waals surface area contributed by atoms with Crippen molar-refractivity contribution in [1.29, 1.82) is 0 Å². The summed E-state index contributed by atoms with van der Waals surface area (Å²) in [6.07, 6.45) is 4.98. The summed E-state index contributed by atoms with van der Waals surface area (Å²) in [4.78, 5) is 43.4. The number of aromatic nitrogens is 3. The van der Waals surface area contributed by atoms with Crippen molar-refractivity contribution in [1.82, 2.24) is 24.8 Å². The van der Waals surface area contributed by atoms with Gasteiger partial charge in [0, 0.05) is 63.5 Å². The fourth-order valence-corrected chi connectivity index (χ4v) is 5.81. The number of nitrogens with zero attached hydrogens (tertiary/aromatic N) is 5. The highest BCUT2D eigenvalue weighted by Crippen LogP contribution is 2.28. The second kappa shape index (κ2) is 12.7. The highest BCUT2D eigenvalue weighted by molar-refractivity contribution is 7.20. The van der Waals surface area contributed by atoms with Crippen LogP contribution in [-0.2, 0) is 11.3 Å². The first-order valence-corrected chi connectivity index (χ1v) is 14.3. The van der Waals surface area contributed by atoms with E-state index in [1.807, 2.05) is 36.7 Å². The Morgan fingerprint density at radius 3 is 2.68 bits per heavy atom. The van der Waals surface area contributed by atoms with E-state index in [-0.39, 0.29) is 29.9 Å². The van der Waals surface area contributed by atoms with Crippen LogP contribution in [0.25, 0.3) is 10.2 Å². The number of benzene rings is 2. The molecule has 3 atom stereocenters. The average molecular weight is 575 g/mol. The number of thiazole rings is 1. The summed E-state index contributed by atoms with van der Waals surface area (Å²) in [6.45, 7) is 6.39. The van der Waals surface area contributed by atoms with Crippen molar-refractivity contribution >= 4 is 39.1 Å². The zero-order chi connectivity index (χ0) is 28.9. The number of anilines is 1. The Kier molecular flexibility index (Phi) is 8.87. The molecule has 11 heteroatoms. The summed E-state index contributed by atoms with van der Waals surface area (Å²) in [7, 11) is 3.43. The van der Waals surface area contributed by atoms with Crippen LogP contribution in [0.2, 0.25) is 0 Å². The van der Waals surface area contributed by atoms with Gasteiger partial charge in [-0.3, -0.25) is 14.5 Å². The fourth-order valence-electron chi connectivity index (χ4n) is 4.95. The smallest absolute Gasteiger partial charge is 0.284 e. The lowest BCUT2D eigenvalue weighted by molar-refractivity contribution is 0.00918. The van der Waals surface area contributed by atoms with Gasteiger partial charge in [0.15, 0.2) is 5.01 Å². The van der Waals surface area contributed by atoms with E-state index < -0.39 is 0 Å². The Morgan fingerprint density at radius 2 is 1.93 bits per heavy atom. The Labute approximate surface area is 243 Å². The van der Waals surface area contributed by atoms with Crippen molar-refractivity contribution in [3.05, 3.63) is 77.3 Å². The second-order valence-electron chi connectivity index (χ2n) is 10.4. The summed E-state index contributed by atoms with van der Waals surface area (Å²) in [6, 6.07) is 12.8. The van der Waals surface area contributed by atoms with E-state index in [2.05, 4.69) is 39.0 Å². The molecule has 1 aliphatic heterocycles. The SMILES string of the molecule is CO[C@H]1CN(C)C(=O)c2cc(NC(=O)c3nc4ccccc4s3)ccc2OC[C@H](C)N(Cc2cncnc2)C[C@H]1C. The van der Waals surface area contributed by atoms with Gasteiger partial charge in [-0.05, 0) is 43.2 Å². The molecule has 0 spiro atoms. The number of nitrogens with one attached hydrogen (secondary N) is 1. The summed E-state index contributed by atoms with van der Waals surface area (Å²) < 4.78 is 13.1. The molecule has 1 N–H and O–H groups in total. The number of amides is 2. The number of fused-ring (bicyclic) bond motifs is 2. The first kappa shape index (κ1) is 28.6. The molecule has 10 nitrogen and oxygen atoms in total. The maximum Gasteiger partial charge on any atom is 0.284 e. The van der Waals surface area contributed by atoms with E-state index >= 15 is 0 Å². The summed E-state index contributed by atoms with van der Waals surface area (Å²) in [5.74, 6) is 0.0400. The molecular weight excluding hydrogens is 540 g/mol. The second-order valence-corrected chi connectivity index (χ2v) is 11.5. The molecular formula is C30H34N6O4S. The van der Waals surface area contributed by atoms with E-state index in [9.17, 15) is 9.59 Å². The van der Waals surface area contributed by atoms with Crippen LogP contribution in [0.15, 0.2) is 61.2 Å². The summed E-state index contributed by atoms with van der Waals surface area (Å²) in [5.41, 5.74) is 2.64. The van der Waals surface area contributed by atoms with Gasteiger partial charge in [0.05, 0.1) is 21.9 Å². The highest BCUT2D eigenvalue weighted by Gasteiger charge is 2.29. The van der Waals surface area contributed by atoms with E-state index in [1.54, 1.807) is 37.3 Å². The predicted molar refractivity (Wildman–Crippen MR) is 158 cm³/mol. The highest BCUT2D eigenvalue weighted by atomic mass is 32.1. The van der Waals surface area contributed by atoms with Gasteiger partial charge < -0.3 is 19.7 Å². The predicted octanol–water partition coefficient (Wildman–Crippen LogP) is 4.34. The molecule has 2 aromatic heterocycles. The van der Waals surface area contributed by atoms with Gasteiger partial charge in [-0.25, -0.2) is 15.0 Å². The van der Waals surface area contributed by atoms with Crippen LogP contribution in [0.3, 0.4) is 0 Å². The number of likely N-dealkylation sites (N-methyl/N-ethyl adjacent to an activating group) is 1. The van der Waals surface area contributed by atoms with Gasteiger partial charge in [-0.2, -0.15) is 0 Å². The van der Waals surface area contributed by atoms with E-state index in [0.717, 1.165) is 22.3 Å². The minimum atomic E-state index is -0.330. The molecule has 0 unspecified atom stereocenters.